The van der Waals surface area contributed by atoms with E-state index in [4.69, 9.17) is 19.0 Å². The summed E-state index contributed by atoms with van der Waals surface area (Å²) >= 11 is -1.19. The van der Waals surface area contributed by atoms with Crippen molar-refractivity contribution >= 4 is 49.6 Å². The molecule has 0 aliphatic rings. The summed E-state index contributed by atoms with van der Waals surface area (Å²) in [7, 11) is 0.479. The first-order valence-electron chi connectivity index (χ1n) is 6.56. The van der Waals surface area contributed by atoms with Gasteiger partial charge in [0.15, 0.2) is 0 Å². The Balaban J connectivity index is 3.86. The van der Waals surface area contributed by atoms with Gasteiger partial charge in [0, 0.05) is 12.8 Å². The van der Waals surface area contributed by atoms with E-state index in [0.717, 1.165) is 11.5 Å². The number of carbonyl (C=O) groups is 2. The lowest BCUT2D eigenvalue weighted by molar-refractivity contribution is -0.140. The third kappa shape index (κ3) is 11.3. The van der Waals surface area contributed by atoms with E-state index in [2.05, 4.69) is 25.0 Å². The van der Waals surface area contributed by atoms with Crippen LogP contribution in [0.15, 0.2) is 0 Å². The molecule has 2 unspecified atom stereocenters. The summed E-state index contributed by atoms with van der Waals surface area (Å²) in [6, 6.07) is -1.30. The number of rotatable bonds is 10. The molecule has 6 nitrogen and oxygen atoms in total. The molecule has 0 spiro atoms. The van der Waals surface area contributed by atoms with Crippen LogP contribution in [0, 0.1) is 0 Å². The van der Waals surface area contributed by atoms with Crippen LogP contribution in [0.2, 0.25) is 0 Å². The molecule has 2 atom stereocenters. The molecule has 0 aliphatic carbocycles. The molecule has 0 saturated heterocycles. The topological polar surface area (TPSA) is 105 Å². The lowest BCUT2D eigenvalue weighted by atomic mass is 10.2. The van der Waals surface area contributed by atoms with E-state index in [1.807, 2.05) is 0 Å². The third-order valence-electron chi connectivity index (χ3n) is 2.61. The zero-order chi connectivity index (χ0) is 16.4. The maximum Gasteiger partial charge on any atom is 0.885 e. The van der Waals surface area contributed by atoms with Gasteiger partial charge >= 0.3 is 15.9 Å². The van der Waals surface area contributed by atoms with Gasteiger partial charge < -0.3 is 19.0 Å². The maximum absolute atomic E-state index is 11.6. The summed E-state index contributed by atoms with van der Waals surface area (Å²) in [6.07, 6.45) is 9.51. The van der Waals surface area contributed by atoms with Crippen LogP contribution in [-0.4, -0.2) is 76.4 Å². The van der Waals surface area contributed by atoms with Gasteiger partial charge in [0.25, 0.3) is 11.9 Å². The molecule has 4 N–H and O–H groups in total. The summed E-state index contributed by atoms with van der Waals surface area (Å²) in [4.78, 5) is 23.2. The maximum atomic E-state index is 11.6. The Hall–Kier alpha value is 0.0925. The first-order valence-corrected chi connectivity index (χ1v) is 11.9. The second-order valence-corrected chi connectivity index (χ2v) is 10.6. The number of carbonyl (C=O) groups excluding carboxylic acids is 2. The molecule has 0 amide bonds. The second-order valence-electron chi connectivity index (χ2n) is 5.14. The average molecular weight is 353 g/mol. The molecular weight excluding hydrogens is 327 g/mol. The minimum Gasteiger partial charge on any atom is -0.588 e. The normalized spacial score (nSPS) is 13.9. The summed E-state index contributed by atoms with van der Waals surface area (Å²) in [5.41, 5.74) is 11.4. The van der Waals surface area contributed by atoms with Gasteiger partial charge in [-0.1, -0.05) is 0 Å². The van der Waals surface area contributed by atoms with E-state index in [0.29, 0.717) is 12.8 Å². The highest BCUT2D eigenvalue weighted by Gasteiger charge is 2.23. The van der Waals surface area contributed by atoms with Gasteiger partial charge in [-0.3, -0.25) is 9.59 Å². The van der Waals surface area contributed by atoms with Crippen LogP contribution in [0.3, 0.4) is 0 Å². The van der Waals surface area contributed by atoms with Crippen molar-refractivity contribution in [2.45, 2.75) is 24.9 Å². The third-order valence-corrected chi connectivity index (χ3v) is 5.37. The number of nitrogens with two attached hydrogens (primary N) is 2. The van der Waals surface area contributed by atoms with Crippen molar-refractivity contribution in [3.05, 3.63) is 0 Å². The van der Waals surface area contributed by atoms with E-state index in [1.54, 1.807) is 0 Å². The van der Waals surface area contributed by atoms with Crippen LogP contribution in [0.5, 0.6) is 0 Å². The van der Waals surface area contributed by atoms with E-state index in [9.17, 15) is 9.59 Å². The molecule has 0 rings (SSSR count). The van der Waals surface area contributed by atoms with Gasteiger partial charge in [-0.25, -0.2) is 0 Å². The molecule has 0 bridgehead atoms. The first kappa shape index (κ1) is 21.1. The fraction of sp³-hybridized carbons (Fsp3) is 0.833. The van der Waals surface area contributed by atoms with Crippen LogP contribution in [-0.2, 0) is 39.0 Å². The quantitative estimate of drug-likeness (QED) is 0.377. The Labute approximate surface area is 139 Å². The summed E-state index contributed by atoms with van der Waals surface area (Å²) in [6.45, 7) is 0. The minimum atomic E-state index is -1.19. The molecule has 21 heavy (non-hydrogen) atoms. The number of hydrogen-bond acceptors (Lipinski definition) is 6. The highest BCUT2D eigenvalue weighted by atomic mass is 32.2. The highest BCUT2D eigenvalue weighted by Crippen LogP contribution is 1.99. The van der Waals surface area contributed by atoms with Gasteiger partial charge in [-0.15, -0.1) is 0 Å². The zero-order valence-corrected chi connectivity index (χ0v) is 16.0. The Morgan fingerprint density at radius 2 is 1.24 bits per heavy atom. The van der Waals surface area contributed by atoms with Gasteiger partial charge in [-0.05, 0) is 21.8 Å². The molecule has 0 aromatic rings. The predicted octanol–water partition coefficient (Wildman–Crippen LogP) is -1.20. The van der Waals surface area contributed by atoms with Crippen molar-refractivity contribution in [3.63, 3.8) is 0 Å². The fourth-order valence-corrected chi connectivity index (χ4v) is 3.29. The smallest absolute Gasteiger partial charge is 0.588 e. The van der Waals surface area contributed by atoms with Crippen LogP contribution in [0.25, 0.3) is 0 Å². The molecule has 121 valence electrons. The Morgan fingerprint density at radius 3 is 1.52 bits per heavy atom. The molecular formula is C12H26AlN2O4S2+2. The molecule has 0 fully saturated rings. The van der Waals surface area contributed by atoms with Crippen molar-refractivity contribution in [3.8, 4) is 0 Å². The minimum absolute atomic E-state index is 0.239. The summed E-state index contributed by atoms with van der Waals surface area (Å²) < 4.78 is 9.82. The molecule has 0 aromatic heterocycles. The molecule has 0 aromatic carbocycles. The standard InChI is InChI=1S/2C6H13NO2S.Al/c2*1-10(2)4-3-5(7)6(8)9;/h2*5H,3-4,7H2,1-2H3;/q;;+2. The second kappa shape index (κ2) is 11.6. The number of hydrogen-bond donors (Lipinski definition) is 2. The van der Waals surface area contributed by atoms with E-state index in [-0.39, 0.29) is 21.8 Å². The van der Waals surface area contributed by atoms with Crippen molar-refractivity contribution in [2.75, 3.05) is 36.5 Å². The zero-order valence-electron chi connectivity index (χ0n) is 13.2. The SMILES string of the molecule is C[S+](C)CCC(N)C(=O)[O][Al][O]C(=O)C(N)CC[S+](C)C. The van der Waals surface area contributed by atoms with Crippen molar-refractivity contribution in [1.29, 1.82) is 0 Å². The summed E-state index contributed by atoms with van der Waals surface area (Å²) in [5, 5.41) is 0. The Kier molecular flexibility index (Phi) is 11.7. The molecule has 0 heterocycles. The van der Waals surface area contributed by atoms with Crippen LogP contribution in [0.1, 0.15) is 12.8 Å². The van der Waals surface area contributed by atoms with E-state index >= 15 is 0 Å². The van der Waals surface area contributed by atoms with E-state index in [1.165, 1.54) is 0 Å². The first-order chi connectivity index (χ1) is 9.73. The van der Waals surface area contributed by atoms with Gasteiger partial charge in [0.1, 0.15) is 23.6 Å². The largest absolute Gasteiger partial charge is 0.885 e. The van der Waals surface area contributed by atoms with Crippen LogP contribution < -0.4 is 11.5 Å². The lowest BCUT2D eigenvalue weighted by Gasteiger charge is -2.13. The molecule has 0 saturated carbocycles. The Morgan fingerprint density at radius 1 is 0.905 bits per heavy atom. The fourth-order valence-electron chi connectivity index (χ4n) is 1.25. The van der Waals surface area contributed by atoms with Gasteiger partial charge in [-0.2, -0.15) is 0 Å². The van der Waals surface area contributed by atoms with Crippen molar-refractivity contribution < 1.29 is 17.2 Å². The van der Waals surface area contributed by atoms with E-state index < -0.39 is 39.9 Å². The molecule has 1 radical (unpaired) electrons. The average Bonchev–Trinajstić information content (AvgIpc) is 2.41. The Bertz CT molecular complexity index is 302. The lowest BCUT2D eigenvalue weighted by Crippen LogP contribution is -2.38. The predicted molar refractivity (Wildman–Crippen MR) is 91.3 cm³/mol. The van der Waals surface area contributed by atoms with Crippen LogP contribution >= 0.6 is 0 Å². The highest BCUT2D eigenvalue weighted by molar-refractivity contribution is 7.95. The van der Waals surface area contributed by atoms with Gasteiger partial charge in [0.2, 0.25) is 0 Å². The monoisotopic (exact) mass is 353 g/mol. The van der Waals surface area contributed by atoms with Crippen LogP contribution in [0.4, 0.5) is 0 Å². The van der Waals surface area contributed by atoms with Crippen molar-refractivity contribution in [1.82, 2.24) is 0 Å². The van der Waals surface area contributed by atoms with Gasteiger partial charge in [0.05, 0.1) is 25.0 Å². The van der Waals surface area contributed by atoms with Crippen molar-refractivity contribution in [2.24, 2.45) is 11.5 Å². The summed E-state index contributed by atoms with van der Waals surface area (Å²) in [5.74, 6) is 0.736. The molecule has 0 aliphatic heterocycles. The molecule has 9 heteroatoms.